The van der Waals surface area contributed by atoms with Crippen LogP contribution in [0.15, 0.2) is 22.6 Å². The predicted molar refractivity (Wildman–Crippen MR) is 40.0 cm³/mol. The van der Waals surface area contributed by atoms with Crippen LogP contribution >= 0.6 is 12.6 Å². The van der Waals surface area contributed by atoms with E-state index in [4.69, 9.17) is 5.26 Å². The van der Waals surface area contributed by atoms with Crippen molar-refractivity contribution in [1.82, 2.24) is 0 Å². The summed E-state index contributed by atoms with van der Waals surface area (Å²) < 4.78 is 0. The van der Waals surface area contributed by atoms with Crippen molar-refractivity contribution in [2.75, 3.05) is 0 Å². The molecular weight excluding hydrogens is 130 g/mol. The molecule has 1 nitrogen and oxygen atoms in total. The van der Waals surface area contributed by atoms with Gasteiger partial charge in [-0.3, -0.25) is 0 Å². The first-order valence-electron chi connectivity index (χ1n) is 2.82. The summed E-state index contributed by atoms with van der Waals surface area (Å²) in [5, 5.41) is 8.40. The number of rotatable bonds is 0. The van der Waals surface area contributed by atoms with E-state index in [0.717, 1.165) is 23.3 Å². The van der Waals surface area contributed by atoms with Crippen molar-refractivity contribution in [3.63, 3.8) is 0 Å². The van der Waals surface area contributed by atoms with Crippen LogP contribution in [0.25, 0.3) is 0 Å². The van der Waals surface area contributed by atoms with Crippen molar-refractivity contribution in [1.29, 1.82) is 5.26 Å². The van der Waals surface area contributed by atoms with Gasteiger partial charge in [0.25, 0.3) is 0 Å². The normalized spacial score (nSPS) is 17.8. The minimum atomic E-state index is 0.853. The number of nitriles is 1. The molecular formula is C7H7NS. The Hall–Kier alpha value is -0.680. The number of nitrogens with zero attached hydrogens (tertiary/aromatic N) is 1. The average Bonchev–Trinajstić information content (AvgIpc) is 1.90. The molecule has 0 aromatic rings. The van der Waals surface area contributed by atoms with Gasteiger partial charge in [-0.2, -0.15) is 5.26 Å². The van der Waals surface area contributed by atoms with Crippen LogP contribution < -0.4 is 0 Å². The summed E-state index contributed by atoms with van der Waals surface area (Å²) in [6.07, 6.45) is 5.48. The molecule has 2 heteroatoms. The Morgan fingerprint density at radius 2 is 2.22 bits per heavy atom. The van der Waals surface area contributed by atoms with E-state index < -0.39 is 0 Å². The standard InChI is InChI=1S/C7H7NS/c8-5-6-1-3-7(9)4-2-6/h1,3,9H,2,4H2. The van der Waals surface area contributed by atoms with Gasteiger partial charge in [0.05, 0.1) is 6.07 Å². The lowest BCUT2D eigenvalue weighted by molar-refractivity contribution is 0.982. The van der Waals surface area contributed by atoms with Crippen LogP contribution in [0.1, 0.15) is 12.8 Å². The fourth-order valence-corrected chi connectivity index (χ4v) is 0.906. The first kappa shape index (κ1) is 6.44. The van der Waals surface area contributed by atoms with E-state index in [-0.39, 0.29) is 0 Å². The smallest absolute Gasteiger partial charge is 0.0947 e. The summed E-state index contributed by atoms with van der Waals surface area (Å²) >= 11 is 4.15. The first-order chi connectivity index (χ1) is 4.33. The zero-order chi connectivity index (χ0) is 6.69. The van der Waals surface area contributed by atoms with E-state index in [9.17, 15) is 0 Å². The van der Waals surface area contributed by atoms with E-state index in [0.29, 0.717) is 0 Å². The van der Waals surface area contributed by atoms with Gasteiger partial charge in [-0.05, 0) is 23.8 Å². The molecule has 0 bridgehead atoms. The molecule has 0 aromatic carbocycles. The van der Waals surface area contributed by atoms with Gasteiger partial charge in [-0.25, -0.2) is 0 Å². The molecule has 46 valence electrons. The van der Waals surface area contributed by atoms with Gasteiger partial charge >= 0.3 is 0 Å². The van der Waals surface area contributed by atoms with E-state index in [1.165, 1.54) is 0 Å². The van der Waals surface area contributed by atoms with Crippen LogP contribution in [-0.2, 0) is 0 Å². The van der Waals surface area contributed by atoms with Gasteiger partial charge in [0.2, 0.25) is 0 Å². The van der Waals surface area contributed by atoms with E-state index in [1.807, 2.05) is 12.2 Å². The highest BCUT2D eigenvalue weighted by atomic mass is 32.1. The maximum absolute atomic E-state index is 8.40. The Labute approximate surface area is 60.1 Å². The molecule has 0 spiro atoms. The van der Waals surface area contributed by atoms with Crippen molar-refractivity contribution < 1.29 is 0 Å². The van der Waals surface area contributed by atoms with Crippen molar-refractivity contribution in [2.45, 2.75) is 12.8 Å². The van der Waals surface area contributed by atoms with Crippen LogP contribution in [0.4, 0.5) is 0 Å². The number of thiol groups is 1. The minimum Gasteiger partial charge on any atom is -0.193 e. The Bertz CT molecular complexity index is 207. The second-order valence-electron chi connectivity index (χ2n) is 1.96. The lowest BCUT2D eigenvalue weighted by atomic mass is 10.1. The van der Waals surface area contributed by atoms with Gasteiger partial charge in [0, 0.05) is 5.57 Å². The Balaban J connectivity index is 2.73. The number of hydrogen-bond acceptors (Lipinski definition) is 2. The molecule has 0 fully saturated rings. The predicted octanol–water partition coefficient (Wildman–Crippen LogP) is 2.04. The lowest BCUT2D eigenvalue weighted by Gasteiger charge is -2.02. The molecule has 0 unspecified atom stereocenters. The molecule has 0 N–H and O–H groups in total. The van der Waals surface area contributed by atoms with Gasteiger partial charge in [-0.1, -0.05) is 6.08 Å². The summed E-state index contributed by atoms with van der Waals surface area (Å²) in [7, 11) is 0. The van der Waals surface area contributed by atoms with Crippen LogP contribution in [0.2, 0.25) is 0 Å². The summed E-state index contributed by atoms with van der Waals surface area (Å²) in [4.78, 5) is 1.06. The minimum absolute atomic E-state index is 0.853. The highest BCUT2D eigenvalue weighted by molar-refractivity contribution is 7.84. The number of hydrogen-bond donors (Lipinski definition) is 1. The molecule has 0 radical (unpaired) electrons. The Kier molecular flexibility index (Phi) is 1.96. The van der Waals surface area contributed by atoms with E-state index >= 15 is 0 Å². The van der Waals surface area contributed by atoms with Gasteiger partial charge < -0.3 is 0 Å². The van der Waals surface area contributed by atoms with Gasteiger partial charge in [0.15, 0.2) is 0 Å². The Morgan fingerprint density at radius 3 is 2.67 bits per heavy atom. The SMILES string of the molecule is N#CC1=CC=C(S)CC1. The monoisotopic (exact) mass is 137 g/mol. The molecule has 1 aliphatic rings. The third-order valence-corrected chi connectivity index (χ3v) is 1.64. The molecule has 0 atom stereocenters. The highest BCUT2D eigenvalue weighted by Gasteiger charge is 2.00. The van der Waals surface area contributed by atoms with E-state index in [2.05, 4.69) is 18.7 Å². The van der Waals surface area contributed by atoms with E-state index in [1.54, 1.807) is 0 Å². The summed E-state index contributed by atoms with van der Waals surface area (Å²) in [6.45, 7) is 0. The molecule has 0 aliphatic heterocycles. The summed E-state index contributed by atoms with van der Waals surface area (Å²) in [5.41, 5.74) is 0.854. The molecule has 1 rings (SSSR count). The molecule has 0 aromatic heterocycles. The molecule has 0 saturated heterocycles. The molecule has 0 amide bonds. The maximum Gasteiger partial charge on any atom is 0.0947 e. The second-order valence-corrected chi connectivity index (χ2v) is 2.54. The lowest BCUT2D eigenvalue weighted by Crippen LogP contribution is -1.85. The second kappa shape index (κ2) is 2.75. The van der Waals surface area contributed by atoms with Crippen molar-refractivity contribution in [3.05, 3.63) is 22.6 Å². The summed E-state index contributed by atoms with van der Waals surface area (Å²) in [6, 6.07) is 2.11. The first-order valence-corrected chi connectivity index (χ1v) is 3.26. The Morgan fingerprint density at radius 1 is 1.44 bits per heavy atom. The molecule has 9 heavy (non-hydrogen) atoms. The molecule has 0 saturated carbocycles. The zero-order valence-corrected chi connectivity index (χ0v) is 5.86. The quantitative estimate of drug-likeness (QED) is 0.507. The highest BCUT2D eigenvalue weighted by Crippen LogP contribution is 2.19. The van der Waals surface area contributed by atoms with Crippen molar-refractivity contribution in [2.24, 2.45) is 0 Å². The van der Waals surface area contributed by atoms with Crippen LogP contribution in [0.5, 0.6) is 0 Å². The van der Waals surface area contributed by atoms with Crippen LogP contribution in [-0.4, -0.2) is 0 Å². The molecule has 1 aliphatic carbocycles. The third-order valence-electron chi connectivity index (χ3n) is 1.27. The number of allylic oxidation sites excluding steroid dienone is 4. The van der Waals surface area contributed by atoms with Gasteiger partial charge in [0.1, 0.15) is 0 Å². The van der Waals surface area contributed by atoms with Crippen molar-refractivity contribution >= 4 is 12.6 Å². The van der Waals surface area contributed by atoms with Crippen LogP contribution in [0.3, 0.4) is 0 Å². The topological polar surface area (TPSA) is 23.8 Å². The van der Waals surface area contributed by atoms with Crippen LogP contribution in [0, 0.1) is 11.3 Å². The molecule has 0 heterocycles. The fourth-order valence-electron chi connectivity index (χ4n) is 0.719. The van der Waals surface area contributed by atoms with Gasteiger partial charge in [-0.15, -0.1) is 12.6 Å². The maximum atomic E-state index is 8.40. The summed E-state index contributed by atoms with van der Waals surface area (Å²) in [5.74, 6) is 0. The average molecular weight is 137 g/mol. The largest absolute Gasteiger partial charge is 0.193 e. The fraction of sp³-hybridized carbons (Fsp3) is 0.286. The zero-order valence-electron chi connectivity index (χ0n) is 4.96. The van der Waals surface area contributed by atoms with Crippen molar-refractivity contribution in [3.8, 4) is 6.07 Å². The third kappa shape index (κ3) is 1.62.